The molecule has 3 nitrogen and oxygen atoms in total. The monoisotopic (exact) mass is 266 g/mol. The summed E-state index contributed by atoms with van der Waals surface area (Å²) in [6, 6.07) is 0. The fraction of sp³-hybridized carbons (Fsp3) is 0.938. The number of hydrogen-bond donors (Lipinski definition) is 2. The van der Waals surface area contributed by atoms with E-state index in [9.17, 15) is 4.79 Å². The van der Waals surface area contributed by atoms with Gasteiger partial charge in [0.2, 0.25) is 5.91 Å². The maximum absolute atomic E-state index is 12.5. The highest BCUT2D eigenvalue weighted by Crippen LogP contribution is 2.32. The van der Waals surface area contributed by atoms with E-state index < -0.39 is 0 Å². The van der Waals surface area contributed by atoms with Gasteiger partial charge in [-0.15, -0.1) is 0 Å². The van der Waals surface area contributed by atoms with E-state index in [0.29, 0.717) is 11.8 Å². The lowest BCUT2D eigenvalue weighted by Crippen LogP contribution is -2.51. The van der Waals surface area contributed by atoms with Crippen molar-refractivity contribution in [3.63, 3.8) is 0 Å². The number of nitrogens with one attached hydrogen (secondary N) is 2. The maximum Gasteiger partial charge on any atom is 0.227 e. The van der Waals surface area contributed by atoms with Crippen LogP contribution in [0.5, 0.6) is 0 Å². The van der Waals surface area contributed by atoms with Gasteiger partial charge in [-0.25, -0.2) is 0 Å². The largest absolute Gasteiger partial charge is 0.355 e. The number of piperidine rings is 1. The molecule has 19 heavy (non-hydrogen) atoms. The van der Waals surface area contributed by atoms with Gasteiger partial charge in [-0.2, -0.15) is 0 Å². The van der Waals surface area contributed by atoms with Crippen LogP contribution in [-0.4, -0.2) is 25.5 Å². The third-order valence-electron chi connectivity index (χ3n) is 5.44. The zero-order valence-corrected chi connectivity index (χ0v) is 12.6. The minimum atomic E-state index is -0.143. The molecule has 3 heteroatoms. The summed E-state index contributed by atoms with van der Waals surface area (Å²) in [6.07, 6.45) is 8.45. The molecule has 0 aromatic rings. The molecule has 1 heterocycles. The van der Waals surface area contributed by atoms with Gasteiger partial charge in [0.15, 0.2) is 0 Å². The first-order chi connectivity index (χ1) is 9.18. The van der Waals surface area contributed by atoms with Crippen LogP contribution in [0.2, 0.25) is 0 Å². The Hall–Kier alpha value is -0.570. The summed E-state index contributed by atoms with van der Waals surface area (Å²) in [5.74, 6) is 1.76. The summed E-state index contributed by atoms with van der Waals surface area (Å²) < 4.78 is 0. The van der Waals surface area contributed by atoms with Crippen molar-refractivity contribution in [2.45, 2.75) is 58.8 Å². The molecule has 3 unspecified atom stereocenters. The first kappa shape index (κ1) is 14.8. The van der Waals surface area contributed by atoms with Crippen LogP contribution in [0.4, 0.5) is 0 Å². The Morgan fingerprint density at radius 3 is 2.74 bits per heavy atom. The Labute approximate surface area is 117 Å². The quantitative estimate of drug-likeness (QED) is 0.821. The SMILES string of the molecule is CCC1(C(=O)NCC2CCCCC2C)CCCNC1. The zero-order chi connectivity index (χ0) is 13.7. The predicted molar refractivity (Wildman–Crippen MR) is 79.0 cm³/mol. The fourth-order valence-electron chi connectivity index (χ4n) is 3.73. The molecule has 110 valence electrons. The average Bonchev–Trinajstić information content (AvgIpc) is 2.46. The van der Waals surface area contributed by atoms with E-state index >= 15 is 0 Å². The molecular formula is C16H30N2O. The Morgan fingerprint density at radius 1 is 1.32 bits per heavy atom. The molecule has 1 aliphatic carbocycles. The highest BCUT2D eigenvalue weighted by molar-refractivity contribution is 5.83. The number of carbonyl (C=O) groups excluding carboxylic acids is 1. The maximum atomic E-state index is 12.5. The van der Waals surface area contributed by atoms with Crippen molar-refractivity contribution >= 4 is 5.91 Å². The van der Waals surface area contributed by atoms with Gasteiger partial charge >= 0.3 is 0 Å². The third-order valence-corrected chi connectivity index (χ3v) is 5.44. The Kier molecular flexibility index (Phi) is 5.26. The average molecular weight is 266 g/mol. The molecular weight excluding hydrogens is 236 g/mol. The Balaban J connectivity index is 1.85. The van der Waals surface area contributed by atoms with Gasteiger partial charge in [-0.3, -0.25) is 4.79 Å². The lowest BCUT2D eigenvalue weighted by molar-refractivity contribution is -0.132. The zero-order valence-electron chi connectivity index (χ0n) is 12.6. The Morgan fingerprint density at radius 2 is 2.11 bits per heavy atom. The summed E-state index contributed by atoms with van der Waals surface area (Å²) >= 11 is 0. The van der Waals surface area contributed by atoms with E-state index in [4.69, 9.17) is 0 Å². The number of carbonyl (C=O) groups is 1. The van der Waals surface area contributed by atoms with Crippen LogP contribution in [-0.2, 0) is 4.79 Å². The summed E-state index contributed by atoms with van der Waals surface area (Å²) in [6.45, 7) is 7.30. The van der Waals surface area contributed by atoms with Crippen LogP contribution in [0, 0.1) is 17.3 Å². The van der Waals surface area contributed by atoms with E-state index in [1.807, 2.05) is 0 Å². The summed E-state index contributed by atoms with van der Waals surface area (Å²) in [7, 11) is 0. The first-order valence-corrected chi connectivity index (χ1v) is 8.17. The van der Waals surface area contributed by atoms with Gasteiger partial charge < -0.3 is 10.6 Å². The van der Waals surface area contributed by atoms with Crippen LogP contribution in [0.15, 0.2) is 0 Å². The van der Waals surface area contributed by atoms with Crippen LogP contribution in [0.3, 0.4) is 0 Å². The highest BCUT2D eigenvalue weighted by atomic mass is 16.2. The molecule has 1 saturated heterocycles. The standard InChI is InChI=1S/C16H30N2O/c1-3-16(9-6-10-17-12-16)15(19)18-11-14-8-5-4-7-13(14)2/h13-14,17H,3-12H2,1-2H3,(H,18,19). The second kappa shape index (κ2) is 6.74. The lowest BCUT2D eigenvalue weighted by Gasteiger charge is -2.36. The first-order valence-electron chi connectivity index (χ1n) is 8.17. The molecule has 1 amide bonds. The van der Waals surface area contributed by atoms with Crippen LogP contribution >= 0.6 is 0 Å². The second-order valence-corrected chi connectivity index (χ2v) is 6.65. The summed E-state index contributed by atoms with van der Waals surface area (Å²) in [4.78, 5) is 12.5. The third kappa shape index (κ3) is 3.50. The predicted octanol–water partition coefficient (Wildman–Crippen LogP) is 2.71. The van der Waals surface area contributed by atoms with Gasteiger partial charge in [-0.05, 0) is 44.1 Å². The van der Waals surface area contributed by atoms with E-state index in [1.165, 1.54) is 25.7 Å². The summed E-state index contributed by atoms with van der Waals surface area (Å²) in [5, 5.41) is 6.66. The molecule has 0 aromatic carbocycles. The van der Waals surface area contributed by atoms with Gasteiger partial charge in [0.25, 0.3) is 0 Å². The van der Waals surface area contributed by atoms with Crippen molar-refractivity contribution in [3.8, 4) is 0 Å². The van der Waals surface area contributed by atoms with Gasteiger partial charge in [0.1, 0.15) is 0 Å². The van der Waals surface area contributed by atoms with E-state index in [-0.39, 0.29) is 5.41 Å². The van der Waals surface area contributed by atoms with Gasteiger partial charge in [0.05, 0.1) is 5.41 Å². The van der Waals surface area contributed by atoms with Crippen LogP contribution in [0.25, 0.3) is 0 Å². The van der Waals surface area contributed by atoms with E-state index in [2.05, 4.69) is 24.5 Å². The normalized spacial score (nSPS) is 35.9. The fourth-order valence-corrected chi connectivity index (χ4v) is 3.73. The molecule has 2 aliphatic rings. The van der Waals surface area contributed by atoms with Crippen molar-refractivity contribution in [1.29, 1.82) is 0 Å². The number of amides is 1. The lowest BCUT2D eigenvalue weighted by atomic mass is 9.76. The topological polar surface area (TPSA) is 41.1 Å². The van der Waals surface area contributed by atoms with E-state index in [1.54, 1.807) is 0 Å². The van der Waals surface area contributed by atoms with Gasteiger partial charge in [0, 0.05) is 13.1 Å². The minimum absolute atomic E-state index is 0.143. The minimum Gasteiger partial charge on any atom is -0.355 e. The van der Waals surface area contributed by atoms with E-state index in [0.717, 1.165) is 44.8 Å². The Bertz CT molecular complexity index is 297. The van der Waals surface area contributed by atoms with Crippen molar-refractivity contribution in [2.75, 3.05) is 19.6 Å². The molecule has 2 fully saturated rings. The highest BCUT2D eigenvalue weighted by Gasteiger charge is 2.38. The van der Waals surface area contributed by atoms with Crippen molar-refractivity contribution in [2.24, 2.45) is 17.3 Å². The number of hydrogen-bond acceptors (Lipinski definition) is 2. The smallest absolute Gasteiger partial charge is 0.227 e. The van der Waals surface area contributed by atoms with Crippen LogP contribution in [0.1, 0.15) is 58.8 Å². The van der Waals surface area contributed by atoms with Crippen molar-refractivity contribution < 1.29 is 4.79 Å². The molecule has 0 spiro atoms. The van der Waals surface area contributed by atoms with Crippen molar-refractivity contribution in [1.82, 2.24) is 10.6 Å². The molecule has 1 saturated carbocycles. The van der Waals surface area contributed by atoms with Crippen LogP contribution < -0.4 is 10.6 Å². The second-order valence-electron chi connectivity index (χ2n) is 6.65. The molecule has 0 bridgehead atoms. The molecule has 3 atom stereocenters. The molecule has 0 aromatic heterocycles. The number of rotatable bonds is 4. The molecule has 0 radical (unpaired) electrons. The summed E-state index contributed by atoms with van der Waals surface area (Å²) in [5.41, 5.74) is -0.143. The van der Waals surface area contributed by atoms with Gasteiger partial charge in [-0.1, -0.05) is 33.1 Å². The van der Waals surface area contributed by atoms with Crippen molar-refractivity contribution in [3.05, 3.63) is 0 Å². The molecule has 2 rings (SSSR count). The molecule has 2 N–H and O–H groups in total. The molecule has 1 aliphatic heterocycles.